The Hall–Kier alpha value is -2.12. The fourth-order valence-electron chi connectivity index (χ4n) is 2.98. The van der Waals surface area contributed by atoms with Crippen molar-refractivity contribution >= 4 is 11.6 Å². The highest BCUT2D eigenvalue weighted by Crippen LogP contribution is 2.35. The summed E-state index contributed by atoms with van der Waals surface area (Å²) in [6, 6.07) is 18.9. The van der Waals surface area contributed by atoms with Crippen molar-refractivity contribution < 1.29 is 0 Å². The van der Waals surface area contributed by atoms with E-state index < -0.39 is 0 Å². The number of benzene rings is 2. The molecule has 0 aliphatic heterocycles. The molecule has 3 rings (SSSR count). The van der Waals surface area contributed by atoms with Gasteiger partial charge in [0.1, 0.15) is 0 Å². The van der Waals surface area contributed by atoms with E-state index in [1.807, 2.05) is 12.1 Å². The van der Waals surface area contributed by atoms with E-state index in [1.54, 1.807) is 6.20 Å². The average Bonchev–Trinajstić information content (AvgIpc) is 2.56. The van der Waals surface area contributed by atoms with E-state index in [4.69, 9.17) is 11.6 Å². The van der Waals surface area contributed by atoms with Gasteiger partial charge >= 0.3 is 0 Å². The van der Waals surface area contributed by atoms with Crippen LogP contribution < -0.4 is 0 Å². The lowest BCUT2D eigenvalue weighted by Crippen LogP contribution is -1.96. The topological polar surface area (TPSA) is 12.9 Å². The van der Waals surface area contributed by atoms with Crippen molar-refractivity contribution in [1.82, 2.24) is 4.98 Å². The second kappa shape index (κ2) is 6.33. The van der Waals surface area contributed by atoms with Gasteiger partial charge in [-0.15, -0.1) is 11.6 Å². The molecule has 0 fully saturated rings. The molecule has 0 unspecified atom stereocenters. The Morgan fingerprint density at radius 2 is 1.64 bits per heavy atom. The van der Waals surface area contributed by atoms with Crippen LogP contribution in [0.4, 0.5) is 0 Å². The summed E-state index contributed by atoms with van der Waals surface area (Å²) in [6.07, 6.45) is 1.79. The van der Waals surface area contributed by atoms with Gasteiger partial charge in [-0.05, 0) is 47.7 Å². The van der Waals surface area contributed by atoms with E-state index in [0.29, 0.717) is 5.88 Å². The van der Waals surface area contributed by atoms with Crippen molar-refractivity contribution in [1.29, 1.82) is 0 Å². The van der Waals surface area contributed by atoms with Crippen molar-refractivity contribution in [3.63, 3.8) is 0 Å². The number of hydrogen-bond acceptors (Lipinski definition) is 1. The zero-order valence-electron chi connectivity index (χ0n) is 12.8. The summed E-state index contributed by atoms with van der Waals surface area (Å²) in [5.74, 6) is 0.421. The quantitative estimate of drug-likeness (QED) is 0.560. The summed E-state index contributed by atoms with van der Waals surface area (Å²) in [4.78, 5) is 4.41. The van der Waals surface area contributed by atoms with Gasteiger partial charge in [0.05, 0.1) is 11.6 Å². The predicted octanol–water partition coefficient (Wildman–Crippen LogP) is 5.77. The van der Waals surface area contributed by atoms with E-state index in [0.717, 1.165) is 11.3 Å². The molecule has 0 amide bonds. The van der Waals surface area contributed by atoms with Crippen molar-refractivity contribution in [2.24, 2.45) is 0 Å². The van der Waals surface area contributed by atoms with Crippen LogP contribution in [0.3, 0.4) is 0 Å². The Labute approximate surface area is 136 Å². The Kier molecular flexibility index (Phi) is 4.26. The minimum atomic E-state index is 0.421. The van der Waals surface area contributed by atoms with Crippen molar-refractivity contribution in [3.8, 4) is 22.3 Å². The highest BCUT2D eigenvalue weighted by atomic mass is 35.5. The molecule has 110 valence electrons. The van der Waals surface area contributed by atoms with E-state index in [1.165, 1.54) is 27.8 Å². The molecule has 0 aliphatic carbocycles. The third-order valence-corrected chi connectivity index (χ3v) is 4.30. The highest BCUT2D eigenvalue weighted by Gasteiger charge is 2.13. The molecule has 0 aliphatic rings. The Balaban J connectivity index is 2.24. The van der Waals surface area contributed by atoms with Gasteiger partial charge in [-0.3, -0.25) is 4.98 Å². The van der Waals surface area contributed by atoms with E-state index >= 15 is 0 Å². The number of hydrogen-bond donors (Lipinski definition) is 0. The summed E-state index contributed by atoms with van der Waals surface area (Å²) in [7, 11) is 0. The molecular formula is C20H18ClN. The molecule has 0 radical (unpaired) electrons. The van der Waals surface area contributed by atoms with Crippen LogP contribution in [-0.2, 0) is 5.88 Å². The van der Waals surface area contributed by atoms with Crippen LogP contribution in [0.2, 0.25) is 0 Å². The molecule has 22 heavy (non-hydrogen) atoms. The minimum absolute atomic E-state index is 0.421. The summed E-state index contributed by atoms with van der Waals surface area (Å²) in [5, 5.41) is 0. The molecule has 0 saturated carbocycles. The monoisotopic (exact) mass is 307 g/mol. The standard InChI is InChI=1S/C20H18ClN/c1-14-10-11-17(18-9-6-12-22-19(18)13-21)15(2)20(14)16-7-4-3-5-8-16/h3-12H,13H2,1-2H3. The van der Waals surface area contributed by atoms with Gasteiger partial charge in [0.25, 0.3) is 0 Å². The van der Waals surface area contributed by atoms with Gasteiger partial charge in [-0.25, -0.2) is 0 Å². The minimum Gasteiger partial charge on any atom is -0.259 e. The molecule has 2 aromatic carbocycles. The lowest BCUT2D eigenvalue weighted by molar-refractivity contribution is 1.17. The zero-order chi connectivity index (χ0) is 15.5. The van der Waals surface area contributed by atoms with Crippen LogP contribution >= 0.6 is 11.6 Å². The smallest absolute Gasteiger partial charge is 0.0653 e. The normalized spacial score (nSPS) is 10.7. The lowest BCUT2D eigenvalue weighted by Gasteiger charge is -2.16. The number of nitrogens with zero attached hydrogens (tertiary/aromatic N) is 1. The van der Waals surface area contributed by atoms with Crippen LogP contribution in [-0.4, -0.2) is 4.98 Å². The summed E-state index contributed by atoms with van der Waals surface area (Å²) in [5.41, 5.74) is 8.34. The second-order valence-electron chi connectivity index (χ2n) is 5.43. The first-order valence-corrected chi connectivity index (χ1v) is 7.91. The van der Waals surface area contributed by atoms with E-state index in [-0.39, 0.29) is 0 Å². The van der Waals surface area contributed by atoms with E-state index in [2.05, 4.69) is 61.3 Å². The van der Waals surface area contributed by atoms with Crippen LogP contribution in [0, 0.1) is 13.8 Å². The maximum absolute atomic E-state index is 6.06. The van der Waals surface area contributed by atoms with Gasteiger partial charge < -0.3 is 0 Å². The van der Waals surface area contributed by atoms with Crippen LogP contribution in [0.25, 0.3) is 22.3 Å². The number of pyridine rings is 1. The highest BCUT2D eigenvalue weighted by molar-refractivity contribution is 6.17. The summed E-state index contributed by atoms with van der Waals surface area (Å²) >= 11 is 6.06. The number of halogens is 1. The lowest BCUT2D eigenvalue weighted by atomic mass is 9.89. The Morgan fingerprint density at radius 1 is 0.864 bits per heavy atom. The van der Waals surface area contributed by atoms with Crippen molar-refractivity contribution in [2.45, 2.75) is 19.7 Å². The predicted molar refractivity (Wildman–Crippen MR) is 94.1 cm³/mol. The molecule has 1 nitrogen and oxygen atoms in total. The van der Waals surface area contributed by atoms with Crippen molar-refractivity contribution in [2.75, 3.05) is 0 Å². The first-order chi connectivity index (χ1) is 10.7. The van der Waals surface area contributed by atoms with Crippen molar-refractivity contribution in [3.05, 3.63) is 77.6 Å². The van der Waals surface area contributed by atoms with E-state index in [9.17, 15) is 0 Å². The third-order valence-electron chi connectivity index (χ3n) is 4.04. The molecule has 2 heteroatoms. The molecule has 0 spiro atoms. The molecule has 1 heterocycles. The van der Waals surface area contributed by atoms with Gasteiger partial charge in [0, 0.05) is 11.8 Å². The number of alkyl halides is 1. The first kappa shape index (κ1) is 14.8. The molecule has 0 atom stereocenters. The second-order valence-corrected chi connectivity index (χ2v) is 5.69. The zero-order valence-corrected chi connectivity index (χ0v) is 13.6. The van der Waals surface area contributed by atoms with Crippen LogP contribution in [0.5, 0.6) is 0 Å². The van der Waals surface area contributed by atoms with Gasteiger partial charge in [0.2, 0.25) is 0 Å². The summed E-state index contributed by atoms with van der Waals surface area (Å²) in [6.45, 7) is 4.33. The SMILES string of the molecule is Cc1ccc(-c2cccnc2CCl)c(C)c1-c1ccccc1. The number of aryl methyl sites for hydroxylation is 1. The van der Waals surface area contributed by atoms with Gasteiger partial charge in [-0.1, -0.05) is 48.5 Å². The van der Waals surface area contributed by atoms with Gasteiger partial charge in [0.15, 0.2) is 0 Å². The fraction of sp³-hybridized carbons (Fsp3) is 0.150. The fourth-order valence-corrected chi connectivity index (χ4v) is 3.19. The number of aromatic nitrogens is 1. The maximum Gasteiger partial charge on any atom is 0.0653 e. The first-order valence-electron chi connectivity index (χ1n) is 7.38. The number of rotatable bonds is 3. The molecule has 3 aromatic rings. The Morgan fingerprint density at radius 3 is 2.36 bits per heavy atom. The molecule has 1 aromatic heterocycles. The molecule has 0 saturated heterocycles. The van der Waals surface area contributed by atoms with Gasteiger partial charge in [-0.2, -0.15) is 0 Å². The van der Waals surface area contributed by atoms with Crippen LogP contribution in [0.15, 0.2) is 60.8 Å². The molecular weight excluding hydrogens is 290 g/mol. The largest absolute Gasteiger partial charge is 0.259 e. The molecule has 0 bridgehead atoms. The average molecular weight is 308 g/mol. The maximum atomic E-state index is 6.06. The molecule has 0 N–H and O–H groups in total. The summed E-state index contributed by atoms with van der Waals surface area (Å²) < 4.78 is 0. The van der Waals surface area contributed by atoms with Crippen LogP contribution in [0.1, 0.15) is 16.8 Å². The Bertz CT molecular complexity index is 794. The third kappa shape index (κ3) is 2.65.